The Kier molecular flexibility index (Phi) is 50.1. The van der Waals surface area contributed by atoms with Crippen molar-refractivity contribution in [3.8, 4) is 0 Å². The maximum atomic E-state index is 13.3. The van der Waals surface area contributed by atoms with Crippen LogP contribution in [0.15, 0.2) is 24.3 Å². The van der Waals surface area contributed by atoms with Crippen LogP contribution in [0.1, 0.15) is 309 Å². The van der Waals surface area contributed by atoms with Gasteiger partial charge in [0, 0.05) is 6.42 Å². The zero-order chi connectivity index (χ0) is 59.5. The van der Waals surface area contributed by atoms with E-state index in [1.54, 1.807) is 0 Å². The van der Waals surface area contributed by atoms with E-state index in [9.17, 15) is 45.6 Å². The molecule has 0 aromatic heterocycles. The third kappa shape index (κ3) is 37.9. The minimum absolute atomic E-state index is 0.202. The van der Waals surface area contributed by atoms with E-state index in [2.05, 4.69) is 43.5 Å². The Morgan fingerprint density at radius 1 is 0.439 bits per heavy atom. The van der Waals surface area contributed by atoms with Crippen LogP contribution in [0, 0.1) is 0 Å². The fraction of sp³-hybridized carbons (Fsp3) is 0.926. The average molecular weight is 1170 g/mol. The summed E-state index contributed by atoms with van der Waals surface area (Å²) in [4.78, 5) is 13.3. The lowest BCUT2D eigenvalue weighted by molar-refractivity contribution is -0.359. The molecule has 0 aromatic rings. The van der Waals surface area contributed by atoms with Crippen LogP contribution >= 0.6 is 0 Å². The van der Waals surface area contributed by atoms with Crippen molar-refractivity contribution >= 4 is 5.91 Å². The lowest BCUT2D eigenvalue weighted by atomic mass is 9.97. The van der Waals surface area contributed by atoms with Crippen LogP contribution in [-0.2, 0) is 23.7 Å². The SMILES string of the molecule is CCCCCCC/C=C\C/C=C\CCCCCCCCCCCCCCCCCCCCCCCCCCCC(=O)NC(COC1OC(CO)C(OC2OC(CO)C(O)C(O)C2O)C(O)C1O)C(O)CCCCCCCCCCCCC. The minimum atomic E-state index is -1.78. The summed E-state index contributed by atoms with van der Waals surface area (Å²) in [6.07, 6.45) is 49.5. The lowest BCUT2D eigenvalue weighted by Crippen LogP contribution is -2.65. The molecule has 2 saturated heterocycles. The molecule has 0 spiro atoms. The highest BCUT2D eigenvalue weighted by Gasteiger charge is 2.51. The molecule has 12 unspecified atom stereocenters. The number of allylic oxidation sites excluding steroid dienone is 4. The summed E-state index contributed by atoms with van der Waals surface area (Å²) in [5.74, 6) is -0.202. The number of aliphatic hydroxyl groups is 8. The molecule has 0 aliphatic carbocycles. The van der Waals surface area contributed by atoms with Gasteiger partial charge in [0.25, 0.3) is 0 Å². The van der Waals surface area contributed by atoms with Crippen LogP contribution in [0.3, 0.4) is 0 Å². The van der Waals surface area contributed by atoms with Gasteiger partial charge in [-0.05, 0) is 44.9 Å². The molecule has 0 aromatic carbocycles. The van der Waals surface area contributed by atoms with Crippen molar-refractivity contribution in [3.05, 3.63) is 24.3 Å². The van der Waals surface area contributed by atoms with Gasteiger partial charge >= 0.3 is 0 Å². The molecular formula is C68H129NO13. The average Bonchev–Trinajstić information content (AvgIpc) is 3.22. The molecule has 9 N–H and O–H groups in total. The Morgan fingerprint density at radius 3 is 1.22 bits per heavy atom. The van der Waals surface area contributed by atoms with Gasteiger partial charge in [0.1, 0.15) is 48.8 Å². The Bertz CT molecular complexity index is 1470. The highest BCUT2D eigenvalue weighted by atomic mass is 16.7. The fourth-order valence-electron chi connectivity index (χ4n) is 11.6. The van der Waals surface area contributed by atoms with Crippen LogP contribution in [-0.4, -0.2) is 140 Å². The Morgan fingerprint density at radius 2 is 0.805 bits per heavy atom. The number of carbonyl (C=O) groups is 1. The van der Waals surface area contributed by atoms with E-state index < -0.39 is 86.8 Å². The predicted molar refractivity (Wildman–Crippen MR) is 332 cm³/mol. The van der Waals surface area contributed by atoms with E-state index in [4.69, 9.17) is 18.9 Å². The predicted octanol–water partition coefficient (Wildman–Crippen LogP) is 13.6. The summed E-state index contributed by atoms with van der Waals surface area (Å²) in [6, 6.07) is -0.824. The first-order chi connectivity index (χ1) is 40.1. The summed E-state index contributed by atoms with van der Waals surface area (Å²) >= 11 is 0. The molecule has 2 heterocycles. The number of rotatable bonds is 57. The van der Waals surface area contributed by atoms with E-state index in [1.807, 2.05) is 0 Å². The van der Waals surface area contributed by atoms with Crippen LogP contribution in [0.2, 0.25) is 0 Å². The molecule has 0 saturated carbocycles. The number of unbranched alkanes of at least 4 members (excludes halogenated alkanes) is 40. The molecule has 0 bridgehead atoms. The van der Waals surface area contributed by atoms with Gasteiger partial charge in [-0.2, -0.15) is 0 Å². The molecule has 82 heavy (non-hydrogen) atoms. The van der Waals surface area contributed by atoms with E-state index in [1.165, 1.54) is 225 Å². The highest BCUT2D eigenvalue weighted by Crippen LogP contribution is 2.30. The standard InChI is InChI=1S/C68H129NO13/c1-3-5-7-9-11-13-15-16-17-18-19-20-21-22-23-24-25-26-27-28-29-30-31-32-33-34-35-36-37-38-39-40-42-44-46-48-50-52-60(73)69-56(57(72)51-49-47-45-43-41-14-12-10-8-6-4-2)55-79-67-65(78)63(76)66(59(54-71)81-67)82-68-64(77)62(75)61(74)58(53-70)80-68/h15-16,18-19,56-59,61-68,70-72,74-78H,3-14,17,20-55H2,1-2H3,(H,69,73)/b16-15-,19-18-. The maximum Gasteiger partial charge on any atom is 0.220 e. The van der Waals surface area contributed by atoms with Crippen molar-refractivity contribution in [2.45, 2.75) is 383 Å². The Hall–Kier alpha value is -1.53. The van der Waals surface area contributed by atoms with Crippen LogP contribution < -0.4 is 5.32 Å². The Balaban J connectivity index is 1.54. The summed E-state index contributed by atoms with van der Waals surface area (Å²) in [5, 5.41) is 87.2. The molecule has 2 fully saturated rings. The summed E-state index contributed by atoms with van der Waals surface area (Å²) in [5.41, 5.74) is 0. The zero-order valence-electron chi connectivity index (χ0n) is 52.5. The van der Waals surface area contributed by atoms with Gasteiger partial charge in [0.05, 0.1) is 32.0 Å². The zero-order valence-corrected chi connectivity index (χ0v) is 52.5. The summed E-state index contributed by atoms with van der Waals surface area (Å²) in [6.45, 7) is 2.86. The molecule has 12 atom stereocenters. The second-order valence-corrected chi connectivity index (χ2v) is 24.7. The molecular weight excluding hydrogens is 1040 g/mol. The molecule has 1 amide bonds. The van der Waals surface area contributed by atoms with Crippen molar-refractivity contribution in [3.63, 3.8) is 0 Å². The smallest absolute Gasteiger partial charge is 0.220 e. The van der Waals surface area contributed by atoms with Crippen LogP contribution in [0.4, 0.5) is 0 Å². The van der Waals surface area contributed by atoms with Gasteiger partial charge in [0.15, 0.2) is 12.6 Å². The van der Waals surface area contributed by atoms with Gasteiger partial charge in [-0.3, -0.25) is 4.79 Å². The number of amides is 1. The third-order valence-corrected chi connectivity index (χ3v) is 17.2. The number of hydrogen-bond donors (Lipinski definition) is 9. The quantitative estimate of drug-likeness (QED) is 0.0204. The molecule has 484 valence electrons. The van der Waals surface area contributed by atoms with Crippen LogP contribution in [0.5, 0.6) is 0 Å². The number of hydrogen-bond acceptors (Lipinski definition) is 13. The van der Waals surface area contributed by atoms with Crippen molar-refractivity contribution in [2.24, 2.45) is 0 Å². The van der Waals surface area contributed by atoms with Gasteiger partial charge in [-0.15, -0.1) is 0 Å². The first-order valence-corrected chi connectivity index (χ1v) is 34.6. The van der Waals surface area contributed by atoms with E-state index in [-0.39, 0.29) is 12.5 Å². The number of carbonyl (C=O) groups excluding carboxylic acids is 1. The van der Waals surface area contributed by atoms with E-state index in [0.717, 1.165) is 57.8 Å². The van der Waals surface area contributed by atoms with Crippen molar-refractivity contribution in [1.29, 1.82) is 0 Å². The number of ether oxygens (including phenoxy) is 4. The molecule has 0 radical (unpaired) electrons. The van der Waals surface area contributed by atoms with Crippen molar-refractivity contribution < 1.29 is 64.6 Å². The monoisotopic (exact) mass is 1170 g/mol. The van der Waals surface area contributed by atoms with Gasteiger partial charge in [0.2, 0.25) is 5.91 Å². The van der Waals surface area contributed by atoms with Crippen molar-refractivity contribution in [1.82, 2.24) is 5.32 Å². The topological polar surface area (TPSA) is 228 Å². The largest absolute Gasteiger partial charge is 0.394 e. The van der Waals surface area contributed by atoms with Gasteiger partial charge in [-0.25, -0.2) is 0 Å². The van der Waals surface area contributed by atoms with E-state index in [0.29, 0.717) is 12.8 Å². The third-order valence-electron chi connectivity index (χ3n) is 17.2. The fourth-order valence-corrected chi connectivity index (χ4v) is 11.6. The first-order valence-electron chi connectivity index (χ1n) is 34.6. The molecule has 2 rings (SSSR count). The lowest BCUT2D eigenvalue weighted by Gasteiger charge is -2.46. The molecule has 14 heteroatoms. The second kappa shape index (κ2) is 53.7. The normalized spacial score (nSPS) is 24.0. The van der Waals surface area contributed by atoms with E-state index >= 15 is 0 Å². The number of nitrogens with one attached hydrogen (secondary N) is 1. The van der Waals surface area contributed by atoms with Gasteiger partial charge < -0.3 is 65.1 Å². The first kappa shape index (κ1) is 76.6. The van der Waals surface area contributed by atoms with Gasteiger partial charge in [-0.1, -0.05) is 282 Å². The summed E-state index contributed by atoms with van der Waals surface area (Å²) < 4.78 is 22.8. The Labute approximate surface area is 500 Å². The highest BCUT2D eigenvalue weighted by molar-refractivity contribution is 5.76. The summed E-state index contributed by atoms with van der Waals surface area (Å²) in [7, 11) is 0. The second-order valence-electron chi connectivity index (χ2n) is 24.7. The van der Waals surface area contributed by atoms with Crippen molar-refractivity contribution in [2.75, 3.05) is 19.8 Å². The maximum absolute atomic E-state index is 13.3. The minimum Gasteiger partial charge on any atom is -0.394 e. The molecule has 2 aliphatic rings. The number of aliphatic hydroxyl groups excluding tert-OH is 8. The van der Waals surface area contributed by atoms with Crippen LogP contribution in [0.25, 0.3) is 0 Å². The molecule has 14 nitrogen and oxygen atoms in total. The molecule has 2 aliphatic heterocycles.